The molecule has 100 valence electrons. The molecule has 0 spiro atoms. The molecule has 1 aromatic heterocycles. The Labute approximate surface area is 119 Å². The Balaban J connectivity index is 1.77. The molecule has 1 heterocycles. The lowest BCUT2D eigenvalue weighted by molar-refractivity contribution is 0.712. The molecule has 0 atom stereocenters. The molecule has 0 unspecified atom stereocenters. The van der Waals surface area contributed by atoms with Crippen molar-refractivity contribution < 1.29 is 0 Å². The summed E-state index contributed by atoms with van der Waals surface area (Å²) in [6, 6.07) is 23.2. The van der Waals surface area contributed by atoms with Crippen molar-refractivity contribution in [3.63, 3.8) is 0 Å². The Morgan fingerprint density at radius 3 is 1.95 bits per heavy atom. The summed E-state index contributed by atoms with van der Waals surface area (Å²) in [6.07, 6.45) is 1.82. The highest BCUT2D eigenvalue weighted by molar-refractivity contribution is 5.26. The van der Waals surface area contributed by atoms with Crippen molar-refractivity contribution in [1.82, 2.24) is 9.78 Å². The van der Waals surface area contributed by atoms with Crippen molar-refractivity contribution >= 4 is 0 Å². The van der Waals surface area contributed by atoms with Gasteiger partial charge in [0.1, 0.15) is 0 Å². The van der Waals surface area contributed by atoms with Crippen LogP contribution in [0.25, 0.3) is 0 Å². The van der Waals surface area contributed by atoms with E-state index in [1.165, 1.54) is 16.8 Å². The lowest BCUT2D eigenvalue weighted by atomic mass is 10.1. The molecular formula is C18H18N2. The zero-order valence-corrected chi connectivity index (χ0v) is 11.7. The molecule has 0 saturated heterocycles. The van der Waals surface area contributed by atoms with Crippen LogP contribution in [0.4, 0.5) is 0 Å². The van der Waals surface area contributed by atoms with E-state index in [0.29, 0.717) is 0 Å². The summed E-state index contributed by atoms with van der Waals surface area (Å²) in [7, 11) is 2.02. The summed E-state index contributed by atoms with van der Waals surface area (Å²) in [4.78, 5) is 0. The van der Waals surface area contributed by atoms with Crippen molar-refractivity contribution in [2.45, 2.75) is 12.8 Å². The Kier molecular flexibility index (Phi) is 3.64. The fraction of sp³-hybridized carbons (Fsp3) is 0.167. The van der Waals surface area contributed by atoms with Crippen LogP contribution in [0, 0.1) is 0 Å². The van der Waals surface area contributed by atoms with Crippen molar-refractivity contribution in [3.8, 4) is 0 Å². The van der Waals surface area contributed by atoms with E-state index in [4.69, 9.17) is 0 Å². The van der Waals surface area contributed by atoms with E-state index in [1.807, 2.05) is 23.9 Å². The number of aromatic nitrogens is 2. The Bertz CT molecular complexity index is 669. The van der Waals surface area contributed by atoms with Crippen LogP contribution in [0.1, 0.15) is 22.5 Å². The predicted molar refractivity (Wildman–Crippen MR) is 81.7 cm³/mol. The maximum absolute atomic E-state index is 4.62. The third kappa shape index (κ3) is 2.97. The van der Waals surface area contributed by atoms with Crippen molar-refractivity contribution in [3.05, 3.63) is 89.2 Å². The van der Waals surface area contributed by atoms with Crippen LogP contribution < -0.4 is 0 Å². The van der Waals surface area contributed by atoms with Gasteiger partial charge in [-0.3, -0.25) is 4.68 Å². The average molecular weight is 262 g/mol. The van der Waals surface area contributed by atoms with Crippen molar-refractivity contribution in [1.29, 1.82) is 0 Å². The second-order valence-electron chi connectivity index (χ2n) is 5.08. The Hall–Kier alpha value is -2.35. The largest absolute Gasteiger partial charge is 0.272 e. The molecule has 0 bridgehead atoms. The molecule has 3 aromatic rings. The van der Waals surface area contributed by atoms with Gasteiger partial charge in [0.05, 0.1) is 5.69 Å². The molecular weight excluding hydrogens is 244 g/mol. The van der Waals surface area contributed by atoms with Gasteiger partial charge in [-0.1, -0.05) is 60.7 Å². The van der Waals surface area contributed by atoms with Gasteiger partial charge in [-0.2, -0.15) is 5.10 Å². The molecule has 0 saturated carbocycles. The van der Waals surface area contributed by atoms with E-state index >= 15 is 0 Å². The zero-order valence-electron chi connectivity index (χ0n) is 11.7. The molecule has 0 aliphatic rings. The van der Waals surface area contributed by atoms with Crippen LogP contribution in [-0.4, -0.2) is 9.78 Å². The van der Waals surface area contributed by atoms with E-state index in [0.717, 1.165) is 18.5 Å². The molecule has 20 heavy (non-hydrogen) atoms. The monoisotopic (exact) mass is 262 g/mol. The van der Waals surface area contributed by atoms with Gasteiger partial charge in [-0.05, 0) is 17.2 Å². The number of benzene rings is 2. The van der Waals surface area contributed by atoms with E-state index < -0.39 is 0 Å². The summed E-state index contributed by atoms with van der Waals surface area (Å²) in [5.41, 5.74) is 5.00. The van der Waals surface area contributed by atoms with Gasteiger partial charge in [0.15, 0.2) is 0 Å². The van der Waals surface area contributed by atoms with Gasteiger partial charge < -0.3 is 0 Å². The summed E-state index contributed by atoms with van der Waals surface area (Å²) in [5, 5.41) is 4.62. The summed E-state index contributed by atoms with van der Waals surface area (Å²) in [6.45, 7) is 0. The van der Waals surface area contributed by atoms with Gasteiger partial charge in [-0.25, -0.2) is 0 Å². The third-order valence-electron chi connectivity index (χ3n) is 3.48. The highest BCUT2D eigenvalue weighted by atomic mass is 15.3. The van der Waals surface area contributed by atoms with E-state index in [-0.39, 0.29) is 0 Å². The van der Waals surface area contributed by atoms with E-state index in [2.05, 4.69) is 59.7 Å². The van der Waals surface area contributed by atoms with Gasteiger partial charge in [0.25, 0.3) is 0 Å². The standard InChI is InChI=1S/C18H18N2/c1-20-18(13-16-10-6-3-7-11-16)14-17(19-20)12-15-8-4-2-5-9-15/h2-11,14H,12-13H2,1H3. The van der Waals surface area contributed by atoms with Crippen molar-refractivity contribution in [2.75, 3.05) is 0 Å². The van der Waals surface area contributed by atoms with Gasteiger partial charge in [0.2, 0.25) is 0 Å². The molecule has 0 aliphatic carbocycles. The molecule has 0 amide bonds. The third-order valence-corrected chi connectivity index (χ3v) is 3.48. The minimum Gasteiger partial charge on any atom is -0.272 e. The summed E-state index contributed by atoms with van der Waals surface area (Å²) < 4.78 is 1.99. The van der Waals surface area contributed by atoms with Crippen LogP contribution in [0.15, 0.2) is 66.7 Å². The Morgan fingerprint density at radius 2 is 1.35 bits per heavy atom. The zero-order chi connectivity index (χ0) is 13.8. The molecule has 0 aliphatic heterocycles. The molecule has 0 radical (unpaired) electrons. The van der Waals surface area contributed by atoms with Crippen molar-refractivity contribution in [2.24, 2.45) is 7.05 Å². The first-order valence-corrected chi connectivity index (χ1v) is 6.91. The predicted octanol–water partition coefficient (Wildman–Crippen LogP) is 3.60. The summed E-state index contributed by atoms with van der Waals surface area (Å²) >= 11 is 0. The summed E-state index contributed by atoms with van der Waals surface area (Å²) in [5.74, 6) is 0. The van der Waals surface area contributed by atoms with Crippen LogP contribution in [-0.2, 0) is 19.9 Å². The van der Waals surface area contributed by atoms with E-state index in [9.17, 15) is 0 Å². The fourth-order valence-electron chi connectivity index (χ4n) is 2.43. The topological polar surface area (TPSA) is 17.8 Å². The molecule has 3 rings (SSSR count). The quantitative estimate of drug-likeness (QED) is 0.702. The lowest BCUT2D eigenvalue weighted by Crippen LogP contribution is -1.99. The highest BCUT2D eigenvalue weighted by Crippen LogP contribution is 2.13. The van der Waals surface area contributed by atoms with Gasteiger partial charge in [0, 0.05) is 25.6 Å². The molecule has 2 aromatic carbocycles. The minimum atomic E-state index is 0.892. The minimum absolute atomic E-state index is 0.892. The first-order valence-electron chi connectivity index (χ1n) is 6.91. The maximum Gasteiger partial charge on any atom is 0.0671 e. The maximum atomic E-state index is 4.62. The molecule has 2 nitrogen and oxygen atoms in total. The van der Waals surface area contributed by atoms with Crippen LogP contribution in [0.3, 0.4) is 0 Å². The van der Waals surface area contributed by atoms with Gasteiger partial charge in [-0.15, -0.1) is 0 Å². The fourth-order valence-corrected chi connectivity index (χ4v) is 2.43. The lowest BCUT2D eigenvalue weighted by Gasteiger charge is -2.01. The number of hydrogen-bond donors (Lipinski definition) is 0. The second kappa shape index (κ2) is 5.74. The first-order chi connectivity index (χ1) is 9.81. The number of hydrogen-bond acceptors (Lipinski definition) is 1. The number of aryl methyl sites for hydroxylation is 1. The average Bonchev–Trinajstić information content (AvgIpc) is 2.81. The number of rotatable bonds is 4. The molecule has 2 heteroatoms. The van der Waals surface area contributed by atoms with Crippen LogP contribution in [0.5, 0.6) is 0 Å². The van der Waals surface area contributed by atoms with E-state index in [1.54, 1.807) is 0 Å². The molecule has 0 fully saturated rings. The number of nitrogens with zero attached hydrogens (tertiary/aromatic N) is 2. The smallest absolute Gasteiger partial charge is 0.0671 e. The second-order valence-corrected chi connectivity index (χ2v) is 5.08. The normalized spacial score (nSPS) is 10.7. The highest BCUT2D eigenvalue weighted by Gasteiger charge is 2.06. The van der Waals surface area contributed by atoms with Gasteiger partial charge >= 0.3 is 0 Å². The van der Waals surface area contributed by atoms with Crippen LogP contribution in [0.2, 0.25) is 0 Å². The SMILES string of the molecule is Cn1nc(Cc2ccccc2)cc1Cc1ccccc1. The Morgan fingerprint density at radius 1 is 0.800 bits per heavy atom. The molecule has 0 N–H and O–H groups in total. The van der Waals surface area contributed by atoms with Crippen LogP contribution >= 0.6 is 0 Å². The first kappa shape index (κ1) is 12.7.